The largest absolute Gasteiger partial charge is 0.493 e. The van der Waals surface area contributed by atoms with Crippen molar-refractivity contribution in [2.24, 2.45) is 5.92 Å². The van der Waals surface area contributed by atoms with Crippen LogP contribution in [0.4, 0.5) is 0 Å². The lowest BCUT2D eigenvalue weighted by molar-refractivity contribution is -0.156. The number of benzene rings is 1. The molecule has 1 aromatic carbocycles. The molecule has 0 aliphatic carbocycles. The fourth-order valence-corrected chi connectivity index (χ4v) is 3.31. The molecule has 0 radical (unpaired) electrons. The maximum atomic E-state index is 12.3. The first-order valence-corrected chi connectivity index (χ1v) is 8.83. The number of nitrogens with one attached hydrogen (secondary N) is 1. The van der Waals surface area contributed by atoms with E-state index in [1.165, 1.54) is 6.08 Å². The zero-order valence-corrected chi connectivity index (χ0v) is 16.3. The first-order chi connectivity index (χ1) is 12.4. The van der Waals surface area contributed by atoms with E-state index < -0.39 is 5.60 Å². The van der Waals surface area contributed by atoms with Crippen molar-refractivity contribution in [3.8, 4) is 17.2 Å². The molecular formula is C20H29NO5. The molecule has 0 aromatic heterocycles. The Balaban J connectivity index is 2.12. The zero-order chi connectivity index (χ0) is 19.2. The number of esters is 1. The van der Waals surface area contributed by atoms with E-state index in [4.69, 9.17) is 18.9 Å². The second-order valence-electron chi connectivity index (χ2n) is 6.81. The molecule has 1 fully saturated rings. The molecule has 1 aromatic rings. The van der Waals surface area contributed by atoms with E-state index >= 15 is 0 Å². The predicted molar refractivity (Wildman–Crippen MR) is 101 cm³/mol. The minimum absolute atomic E-state index is 0.358. The highest BCUT2D eigenvalue weighted by Gasteiger charge is 2.33. The minimum Gasteiger partial charge on any atom is -0.493 e. The molecule has 1 heterocycles. The third-order valence-electron chi connectivity index (χ3n) is 4.82. The zero-order valence-electron chi connectivity index (χ0n) is 16.3. The van der Waals surface area contributed by atoms with Crippen LogP contribution in [0.1, 0.15) is 32.3 Å². The molecule has 6 nitrogen and oxygen atoms in total. The van der Waals surface area contributed by atoms with Crippen molar-refractivity contribution in [1.29, 1.82) is 0 Å². The molecule has 144 valence electrons. The number of carbonyl (C=O) groups excluding carboxylic acids is 1. The summed E-state index contributed by atoms with van der Waals surface area (Å²) in [6.45, 7) is 5.88. The van der Waals surface area contributed by atoms with Gasteiger partial charge >= 0.3 is 5.97 Å². The number of carbonyl (C=O) groups is 1. The summed E-state index contributed by atoms with van der Waals surface area (Å²) < 4.78 is 21.8. The third-order valence-corrected chi connectivity index (χ3v) is 4.82. The lowest BCUT2D eigenvalue weighted by Gasteiger charge is -2.36. The SMILES string of the molecule is COc1ccc(/C=C/C(=O)OC(C)(C)C2CCNCC2)c(OC)c1OC. The number of hydrogen-bond donors (Lipinski definition) is 1. The van der Waals surface area contributed by atoms with E-state index in [-0.39, 0.29) is 5.97 Å². The normalized spacial score (nSPS) is 15.7. The van der Waals surface area contributed by atoms with Gasteiger partial charge in [0.1, 0.15) is 5.60 Å². The lowest BCUT2D eigenvalue weighted by atomic mass is 9.83. The number of methoxy groups -OCH3 is 3. The second-order valence-corrected chi connectivity index (χ2v) is 6.81. The van der Waals surface area contributed by atoms with Gasteiger partial charge in [-0.1, -0.05) is 0 Å². The fourth-order valence-electron chi connectivity index (χ4n) is 3.31. The Morgan fingerprint density at radius 2 is 1.73 bits per heavy atom. The van der Waals surface area contributed by atoms with Crippen LogP contribution in [0, 0.1) is 5.92 Å². The molecular weight excluding hydrogens is 334 g/mol. The highest BCUT2D eigenvalue weighted by atomic mass is 16.6. The van der Waals surface area contributed by atoms with Gasteiger partial charge in [-0.3, -0.25) is 0 Å². The van der Waals surface area contributed by atoms with Crippen molar-refractivity contribution >= 4 is 12.0 Å². The molecule has 0 saturated carbocycles. The smallest absolute Gasteiger partial charge is 0.331 e. The van der Waals surface area contributed by atoms with E-state index in [1.807, 2.05) is 19.9 Å². The van der Waals surface area contributed by atoms with Gasteiger partial charge in [0.15, 0.2) is 11.5 Å². The highest BCUT2D eigenvalue weighted by molar-refractivity contribution is 5.88. The Hall–Kier alpha value is -2.21. The minimum atomic E-state index is -0.495. The van der Waals surface area contributed by atoms with Gasteiger partial charge in [-0.2, -0.15) is 0 Å². The molecule has 0 unspecified atom stereocenters. The maximum absolute atomic E-state index is 12.3. The van der Waals surface area contributed by atoms with Crippen LogP contribution in [-0.4, -0.2) is 46.0 Å². The van der Waals surface area contributed by atoms with Gasteiger partial charge in [0, 0.05) is 17.6 Å². The monoisotopic (exact) mass is 363 g/mol. The summed E-state index contributed by atoms with van der Waals surface area (Å²) in [5.41, 5.74) is 0.215. The molecule has 26 heavy (non-hydrogen) atoms. The molecule has 1 aliphatic heterocycles. The summed E-state index contributed by atoms with van der Waals surface area (Å²) in [6.07, 6.45) is 5.11. The van der Waals surface area contributed by atoms with E-state index in [2.05, 4.69) is 5.32 Å². The van der Waals surface area contributed by atoms with Crippen LogP contribution in [0.25, 0.3) is 6.08 Å². The summed E-state index contributed by atoms with van der Waals surface area (Å²) in [7, 11) is 4.66. The van der Waals surface area contributed by atoms with Crippen molar-refractivity contribution in [1.82, 2.24) is 5.32 Å². The Bertz CT molecular complexity index is 648. The standard InChI is InChI=1S/C20H29NO5/c1-20(2,15-10-12-21-13-11-15)26-17(22)9-7-14-6-8-16(23-3)19(25-5)18(14)24-4/h6-9,15,21H,10-13H2,1-5H3/b9-7+. The third kappa shape index (κ3) is 4.69. The second kappa shape index (κ2) is 8.94. The Labute approximate surface area is 155 Å². The fraction of sp³-hybridized carbons (Fsp3) is 0.550. The summed E-state index contributed by atoms with van der Waals surface area (Å²) in [5, 5.41) is 3.33. The van der Waals surface area contributed by atoms with Crippen molar-refractivity contribution in [3.63, 3.8) is 0 Å². The topological polar surface area (TPSA) is 66.0 Å². The van der Waals surface area contributed by atoms with Crippen molar-refractivity contribution < 1.29 is 23.7 Å². The summed E-state index contributed by atoms with van der Waals surface area (Å²) >= 11 is 0. The average Bonchev–Trinajstić information content (AvgIpc) is 2.65. The molecule has 1 N–H and O–H groups in total. The summed E-state index contributed by atoms with van der Waals surface area (Å²) in [4.78, 5) is 12.3. The van der Waals surface area contributed by atoms with E-state index in [1.54, 1.807) is 33.5 Å². The average molecular weight is 363 g/mol. The van der Waals surface area contributed by atoms with Crippen LogP contribution in [0.3, 0.4) is 0 Å². The predicted octanol–water partition coefficient (Wildman–Crippen LogP) is 3.05. The Kier molecular flexibility index (Phi) is 6.91. The van der Waals surface area contributed by atoms with Gasteiger partial charge in [0.2, 0.25) is 5.75 Å². The summed E-state index contributed by atoms with van der Waals surface area (Å²) in [6, 6.07) is 3.58. The number of piperidine rings is 1. The Morgan fingerprint density at radius 3 is 2.31 bits per heavy atom. The van der Waals surface area contributed by atoms with Crippen LogP contribution in [0.15, 0.2) is 18.2 Å². The van der Waals surface area contributed by atoms with Gasteiger partial charge in [0.05, 0.1) is 21.3 Å². The van der Waals surface area contributed by atoms with Gasteiger partial charge in [-0.25, -0.2) is 4.79 Å². The quantitative estimate of drug-likeness (QED) is 0.593. The van der Waals surface area contributed by atoms with E-state index in [0.29, 0.717) is 28.7 Å². The van der Waals surface area contributed by atoms with Gasteiger partial charge in [0.25, 0.3) is 0 Å². The first kappa shape index (κ1) is 20.1. The van der Waals surface area contributed by atoms with Crippen LogP contribution in [0.2, 0.25) is 0 Å². The molecule has 1 aliphatic rings. The molecule has 2 rings (SSSR count). The Morgan fingerprint density at radius 1 is 1.08 bits per heavy atom. The number of rotatable bonds is 7. The molecule has 0 spiro atoms. The van der Waals surface area contributed by atoms with Crippen molar-refractivity contribution in [2.45, 2.75) is 32.3 Å². The molecule has 1 saturated heterocycles. The van der Waals surface area contributed by atoms with Gasteiger partial charge in [-0.15, -0.1) is 0 Å². The highest BCUT2D eigenvalue weighted by Crippen LogP contribution is 2.40. The number of hydrogen-bond acceptors (Lipinski definition) is 6. The van der Waals surface area contributed by atoms with E-state index in [9.17, 15) is 4.79 Å². The molecule has 0 bridgehead atoms. The van der Waals surface area contributed by atoms with Crippen molar-refractivity contribution in [2.75, 3.05) is 34.4 Å². The van der Waals surface area contributed by atoms with Gasteiger partial charge in [-0.05, 0) is 58.0 Å². The lowest BCUT2D eigenvalue weighted by Crippen LogP contribution is -2.42. The van der Waals surface area contributed by atoms with Crippen LogP contribution in [0.5, 0.6) is 17.2 Å². The van der Waals surface area contributed by atoms with E-state index in [0.717, 1.165) is 25.9 Å². The summed E-state index contributed by atoms with van der Waals surface area (Å²) in [5.74, 6) is 1.55. The van der Waals surface area contributed by atoms with Crippen LogP contribution in [-0.2, 0) is 9.53 Å². The van der Waals surface area contributed by atoms with Crippen LogP contribution >= 0.6 is 0 Å². The number of ether oxygens (including phenoxy) is 4. The van der Waals surface area contributed by atoms with Crippen molar-refractivity contribution in [3.05, 3.63) is 23.8 Å². The first-order valence-electron chi connectivity index (χ1n) is 8.83. The molecule has 0 amide bonds. The molecule has 6 heteroatoms. The van der Waals surface area contributed by atoms with Gasteiger partial charge < -0.3 is 24.3 Å². The molecule has 0 atom stereocenters. The van der Waals surface area contributed by atoms with Crippen LogP contribution < -0.4 is 19.5 Å². The maximum Gasteiger partial charge on any atom is 0.331 e.